The van der Waals surface area contributed by atoms with Crippen LogP contribution in [0.4, 0.5) is 4.39 Å². The van der Waals surface area contributed by atoms with Gasteiger partial charge >= 0.3 is 5.97 Å². The number of rotatable bonds is 6. The molecule has 2 amide bonds. The van der Waals surface area contributed by atoms with Crippen molar-refractivity contribution in [3.8, 4) is 0 Å². The third kappa shape index (κ3) is 3.87. The molecule has 2 N–H and O–H groups in total. The van der Waals surface area contributed by atoms with Gasteiger partial charge in [-0.25, -0.2) is 9.18 Å². The number of aromatic nitrogens is 3. The molecule has 0 bridgehead atoms. The second-order valence-electron chi connectivity index (χ2n) is 8.70. The summed E-state index contributed by atoms with van der Waals surface area (Å²) < 4.78 is 15.5. The summed E-state index contributed by atoms with van der Waals surface area (Å²) in [4.78, 5) is 43.6. The SMILES string of the molecule is Cc1cc2c(C(=O)O)nn(CC(=O)N3[C@@H]4C[C@@H]4C[C@H]3C(=O)NCc3cccc(Cl)c3F)c2cn1. The fraction of sp³-hybridized carbons (Fsp3) is 0.348. The molecule has 1 aliphatic carbocycles. The normalized spacial score (nSPS) is 20.9. The van der Waals surface area contributed by atoms with Gasteiger partial charge in [0.1, 0.15) is 18.4 Å². The number of benzene rings is 1. The monoisotopic (exact) mass is 485 g/mol. The van der Waals surface area contributed by atoms with Gasteiger partial charge in [0.15, 0.2) is 5.69 Å². The number of nitrogens with zero attached hydrogens (tertiary/aromatic N) is 4. The molecule has 3 atom stereocenters. The van der Waals surface area contributed by atoms with Gasteiger partial charge in [-0.05, 0) is 37.8 Å². The van der Waals surface area contributed by atoms with E-state index < -0.39 is 17.8 Å². The summed E-state index contributed by atoms with van der Waals surface area (Å²) in [6.07, 6.45) is 2.84. The van der Waals surface area contributed by atoms with Crippen molar-refractivity contribution in [1.29, 1.82) is 0 Å². The predicted octanol–water partition coefficient (Wildman–Crippen LogP) is 2.54. The molecule has 0 spiro atoms. The first-order chi connectivity index (χ1) is 16.2. The Labute approximate surface area is 198 Å². The van der Waals surface area contributed by atoms with Gasteiger partial charge in [-0.2, -0.15) is 5.10 Å². The zero-order valence-corrected chi connectivity index (χ0v) is 18.9. The predicted molar refractivity (Wildman–Crippen MR) is 120 cm³/mol. The highest BCUT2D eigenvalue weighted by Gasteiger charge is 2.56. The summed E-state index contributed by atoms with van der Waals surface area (Å²) in [6, 6.07) is 5.47. The van der Waals surface area contributed by atoms with Crippen molar-refractivity contribution in [2.75, 3.05) is 0 Å². The van der Waals surface area contributed by atoms with E-state index in [1.165, 1.54) is 23.0 Å². The molecule has 5 rings (SSSR count). The van der Waals surface area contributed by atoms with Gasteiger partial charge in [0.2, 0.25) is 11.8 Å². The van der Waals surface area contributed by atoms with Crippen LogP contribution in [0.1, 0.15) is 34.6 Å². The van der Waals surface area contributed by atoms with Gasteiger partial charge < -0.3 is 15.3 Å². The van der Waals surface area contributed by atoms with Gasteiger partial charge in [0.05, 0.1) is 16.7 Å². The van der Waals surface area contributed by atoms with Crippen LogP contribution in [0.2, 0.25) is 5.02 Å². The number of carboxylic acid groups (broad SMARTS) is 1. The second kappa shape index (κ2) is 8.35. The highest BCUT2D eigenvalue weighted by atomic mass is 35.5. The molecule has 2 aromatic heterocycles. The summed E-state index contributed by atoms with van der Waals surface area (Å²) in [7, 11) is 0. The van der Waals surface area contributed by atoms with Gasteiger partial charge in [-0.3, -0.25) is 19.3 Å². The molecule has 3 heterocycles. The zero-order valence-electron chi connectivity index (χ0n) is 18.2. The van der Waals surface area contributed by atoms with Crippen LogP contribution in [0.15, 0.2) is 30.5 Å². The van der Waals surface area contributed by atoms with Crippen molar-refractivity contribution in [2.45, 2.75) is 44.9 Å². The molecule has 11 heteroatoms. The smallest absolute Gasteiger partial charge is 0.357 e. The number of halogens is 2. The lowest BCUT2D eigenvalue weighted by atomic mass is 10.1. The Bertz CT molecular complexity index is 1340. The number of aryl methyl sites for hydroxylation is 1. The Hall–Kier alpha value is -3.53. The number of carbonyl (C=O) groups is 3. The molecule has 34 heavy (non-hydrogen) atoms. The quantitative estimate of drug-likeness (QED) is 0.554. The number of fused-ring (bicyclic) bond motifs is 2. The van der Waals surface area contributed by atoms with Crippen LogP contribution in [-0.4, -0.2) is 54.6 Å². The minimum Gasteiger partial charge on any atom is -0.476 e. The van der Waals surface area contributed by atoms with Crippen LogP contribution >= 0.6 is 11.6 Å². The maximum absolute atomic E-state index is 14.2. The van der Waals surface area contributed by atoms with Crippen LogP contribution in [0.25, 0.3) is 10.9 Å². The maximum Gasteiger partial charge on any atom is 0.357 e. The van der Waals surface area contributed by atoms with Gasteiger partial charge in [0, 0.05) is 29.2 Å². The Balaban J connectivity index is 1.34. The first-order valence-electron chi connectivity index (χ1n) is 10.8. The average molecular weight is 486 g/mol. The van der Waals surface area contributed by atoms with E-state index in [1.54, 1.807) is 24.0 Å². The minimum atomic E-state index is -1.20. The first kappa shape index (κ1) is 22.3. The molecule has 3 aromatic rings. The van der Waals surface area contributed by atoms with E-state index in [9.17, 15) is 23.9 Å². The summed E-state index contributed by atoms with van der Waals surface area (Å²) >= 11 is 5.80. The Morgan fingerprint density at radius 3 is 2.85 bits per heavy atom. The third-order valence-electron chi connectivity index (χ3n) is 6.44. The lowest BCUT2D eigenvalue weighted by Crippen LogP contribution is -2.48. The van der Waals surface area contributed by atoms with E-state index in [1.807, 2.05) is 0 Å². The van der Waals surface area contributed by atoms with Crippen molar-refractivity contribution in [2.24, 2.45) is 5.92 Å². The molecule has 176 valence electrons. The molecular formula is C23H21ClFN5O4. The molecule has 1 aromatic carbocycles. The van der Waals surface area contributed by atoms with E-state index in [0.29, 0.717) is 23.0 Å². The van der Waals surface area contributed by atoms with E-state index in [2.05, 4.69) is 15.4 Å². The highest BCUT2D eigenvalue weighted by molar-refractivity contribution is 6.30. The van der Waals surface area contributed by atoms with Gasteiger partial charge in [-0.15, -0.1) is 0 Å². The van der Waals surface area contributed by atoms with E-state index in [4.69, 9.17) is 11.6 Å². The van der Waals surface area contributed by atoms with Gasteiger partial charge in [0.25, 0.3) is 0 Å². The molecule has 1 saturated heterocycles. The number of carboxylic acids is 1. The summed E-state index contributed by atoms with van der Waals surface area (Å²) in [6.45, 7) is 1.48. The second-order valence-corrected chi connectivity index (χ2v) is 9.11. The number of amides is 2. The van der Waals surface area contributed by atoms with Crippen molar-refractivity contribution in [3.63, 3.8) is 0 Å². The number of hydrogen-bond donors (Lipinski definition) is 2. The average Bonchev–Trinajstić information content (AvgIpc) is 3.31. The zero-order chi connectivity index (χ0) is 24.1. The fourth-order valence-electron chi connectivity index (χ4n) is 4.70. The number of piperidine rings is 1. The highest BCUT2D eigenvalue weighted by Crippen LogP contribution is 2.48. The van der Waals surface area contributed by atoms with Crippen molar-refractivity contribution in [3.05, 3.63) is 58.3 Å². The van der Waals surface area contributed by atoms with Crippen LogP contribution in [0.3, 0.4) is 0 Å². The number of aromatic carboxylic acids is 1. The standard InChI is InChI=1S/C23H21ClFN5O4/c1-11-5-14-18(9-26-11)29(28-21(14)23(33)34)10-19(31)30-16-6-13(16)7-17(30)22(32)27-8-12-3-2-4-15(24)20(12)25/h2-5,9,13,16-17H,6-8,10H2,1H3,(H,27,32)(H,33,34)/t13-,16-,17+/m1/s1. The number of hydrogen-bond acceptors (Lipinski definition) is 5. The largest absolute Gasteiger partial charge is 0.476 e. The molecule has 0 unspecified atom stereocenters. The fourth-order valence-corrected chi connectivity index (χ4v) is 4.89. The summed E-state index contributed by atoms with van der Waals surface area (Å²) in [5.41, 5.74) is 1.17. The van der Waals surface area contributed by atoms with E-state index >= 15 is 0 Å². The van der Waals surface area contributed by atoms with E-state index in [-0.39, 0.29) is 53.1 Å². The molecule has 2 aliphatic rings. The van der Waals surface area contributed by atoms with Crippen LogP contribution in [0, 0.1) is 18.7 Å². The Kier molecular flexibility index (Phi) is 5.47. The summed E-state index contributed by atoms with van der Waals surface area (Å²) in [5.74, 6) is -2.24. The van der Waals surface area contributed by atoms with Crippen LogP contribution in [0.5, 0.6) is 0 Å². The number of carbonyl (C=O) groups excluding carboxylic acids is 2. The molecule has 1 saturated carbocycles. The van der Waals surface area contributed by atoms with Gasteiger partial charge in [-0.1, -0.05) is 23.7 Å². The number of nitrogens with one attached hydrogen (secondary N) is 1. The van der Waals surface area contributed by atoms with Crippen LogP contribution in [-0.2, 0) is 22.7 Å². The topological polar surface area (TPSA) is 117 Å². The lowest BCUT2D eigenvalue weighted by molar-refractivity contribution is -0.140. The maximum atomic E-state index is 14.2. The number of likely N-dealkylation sites (tertiary alicyclic amines) is 1. The Morgan fingerprint density at radius 2 is 2.09 bits per heavy atom. The molecule has 0 radical (unpaired) electrons. The van der Waals surface area contributed by atoms with Crippen molar-refractivity contribution < 1.29 is 23.9 Å². The van der Waals surface area contributed by atoms with E-state index in [0.717, 1.165) is 6.42 Å². The van der Waals surface area contributed by atoms with Crippen molar-refractivity contribution in [1.82, 2.24) is 25.0 Å². The molecule has 2 fully saturated rings. The Morgan fingerprint density at radius 1 is 1.29 bits per heavy atom. The summed E-state index contributed by atoms with van der Waals surface area (Å²) in [5, 5.41) is 16.7. The molecular weight excluding hydrogens is 465 g/mol. The minimum absolute atomic E-state index is 0.0254. The number of pyridine rings is 1. The first-order valence-corrected chi connectivity index (χ1v) is 11.2. The van der Waals surface area contributed by atoms with Crippen molar-refractivity contribution >= 4 is 40.3 Å². The third-order valence-corrected chi connectivity index (χ3v) is 6.73. The molecule has 1 aliphatic heterocycles. The van der Waals surface area contributed by atoms with Crippen LogP contribution < -0.4 is 5.32 Å². The molecule has 9 nitrogen and oxygen atoms in total. The lowest BCUT2D eigenvalue weighted by Gasteiger charge is -2.27.